The zero-order valence-electron chi connectivity index (χ0n) is 12.0. The van der Waals surface area contributed by atoms with E-state index in [4.69, 9.17) is 0 Å². The molecule has 0 aliphatic carbocycles. The van der Waals surface area contributed by atoms with Crippen LogP contribution in [0.2, 0.25) is 0 Å². The molecule has 0 saturated carbocycles. The van der Waals surface area contributed by atoms with Crippen molar-refractivity contribution in [3.8, 4) is 11.1 Å². The largest absolute Gasteiger partial charge is 0.417 e. The van der Waals surface area contributed by atoms with Crippen molar-refractivity contribution >= 4 is 10.0 Å². The molecule has 0 radical (unpaired) electrons. The molecule has 1 aliphatic rings. The third-order valence-electron chi connectivity index (χ3n) is 3.85. The second-order valence-electron chi connectivity index (χ2n) is 5.44. The van der Waals surface area contributed by atoms with Gasteiger partial charge in [0.25, 0.3) is 0 Å². The Labute approximate surface area is 132 Å². The van der Waals surface area contributed by atoms with Gasteiger partial charge in [0.2, 0.25) is 10.0 Å². The van der Waals surface area contributed by atoms with Gasteiger partial charge in [-0.2, -0.15) is 13.2 Å². The quantitative estimate of drug-likeness (QED) is 0.904. The highest BCUT2D eigenvalue weighted by atomic mass is 32.2. The summed E-state index contributed by atoms with van der Waals surface area (Å²) in [6, 6.07) is 11.6. The second kappa shape index (κ2) is 5.65. The summed E-state index contributed by atoms with van der Waals surface area (Å²) in [5, 5.41) is 0. The molecule has 0 spiro atoms. The minimum absolute atomic E-state index is 0.0658. The standard InChI is InChI=1S/C16H14F3NO2S/c17-16(18,19)14-4-2-1-3-13(14)11-5-7-12(8-6-11)15-9-10-23(21,22)20-15/h1-8,15,20H,9-10H2. The average molecular weight is 341 g/mol. The van der Waals surface area contributed by atoms with E-state index >= 15 is 0 Å². The zero-order valence-corrected chi connectivity index (χ0v) is 12.8. The first-order valence-electron chi connectivity index (χ1n) is 7.03. The highest BCUT2D eigenvalue weighted by molar-refractivity contribution is 7.89. The Hall–Kier alpha value is -1.86. The van der Waals surface area contributed by atoms with Gasteiger partial charge < -0.3 is 0 Å². The van der Waals surface area contributed by atoms with Crippen LogP contribution in [0.15, 0.2) is 48.5 Å². The van der Waals surface area contributed by atoms with Gasteiger partial charge in [-0.1, -0.05) is 42.5 Å². The van der Waals surface area contributed by atoms with E-state index in [-0.39, 0.29) is 17.4 Å². The summed E-state index contributed by atoms with van der Waals surface area (Å²) in [5.41, 5.74) is 0.620. The fourth-order valence-electron chi connectivity index (χ4n) is 2.72. The Balaban J connectivity index is 1.92. The molecule has 0 bridgehead atoms. The maximum Gasteiger partial charge on any atom is 0.417 e. The molecule has 3 nitrogen and oxygen atoms in total. The van der Waals surface area contributed by atoms with Crippen molar-refractivity contribution in [2.45, 2.75) is 18.6 Å². The van der Waals surface area contributed by atoms with Crippen molar-refractivity contribution in [1.82, 2.24) is 4.72 Å². The number of halogens is 3. The molecule has 1 unspecified atom stereocenters. The van der Waals surface area contributed by atoms with Crippen LogP contribution in [0.5, 0.6) is 0 Å². The Bertz CT molecular complexity index is 814. The summed E-state index contributed by atoms with van der Waals surface area (Å²) in [7, 11) is -3.23. The van der Waals surface area contributed by atoms with Crippen LogP contribution in [0.4, 0.5) is 13.2 Å². The Morgan fingerprint density at radius 2 is 1.65 bits per heavy atom. The van der Waals surface area contributed by atoms with Crippen LogP contribution in [0, 0.1) is 0 Å². The minimum atomic E-state index is -4.42. The smallest absolute Gasteiger partial charge is 0.212 e. The van der Waals surface area contributed by atoms with Crippen LogP contribution < -0.4 is 4.72 Å². The minimum Gasteiger partial charge on any atom is -0.212 e. The van der Waals surface area contributed by atoms with Gasteiger partial charge in [0.05, 0.1) is 11.3 Å². The number of nitrogens with one attached hydrogen (secondary N) is 1. The van der Waals surface area contributed by atoms with E-state index in [1.165, 1.54) is 12.1 Å². The van der Waals surface area contributed by atoms with Crippen LogP contribution in [0.1, 0.15) is 23.6 Å². The molecule has 3 rings (SSSR count). The summed E-state index contributed by atoms with van der Waals surface area (Å²) in [6.45, 7) is 0. The molecular weight excluding hydrogens is 327 g/mol. The van der Waals surface area contributed by atoms with Crippen molar-refractivity contribution in [3.63, 3.8) is 0 Å². The monoisotopic (exact) mass is 341 g/mol. The van der Waals surface area contributed by atoms with Gasteiger partial charge in [-0.05, 0) is 29.2 Å². The number of rotatable bonds is 2. The van der Waals surface area contributed by atoms with Gasteiger partial charge in [0, 0.05) is 6.04 Å². The van der Waals surface area contributed by atoms with Crippen LogP contribution in [-0.2, 0) is 16.2 Å². The predicted octanol–water partition coefficient (Wildman–Crippen LogP) is 3.74. The first-order valence-corrected chi connectivity index (χ1v) is 8.68. The number of hydrogen-bond acceptors (Lipinski definition) is 2. The molecule has 0 amide bonds. The third kappa shape index (κ3) is 3.40. The van der Waals surface area contributed by atoms with E-state index in [0.717, 1.165) is 11.6 Å². The van der Waals surface area contributed by atoms with E-state index in [9.17, 15) is 21.6 Å². The van der Waals surface area contributed by atoms with Crippen LogP contribution in [0.3, 0.4) is 0 Å². The summed E-state index contributed by atoms with van der Waals surface area (Å²) >= 11 is 0. The lowest BCUT2D eigenvalue weighted by atomic mass is 9.96. The summed E-state index contributed by atoms with van der Waals surface area (Å²) in [4.78, 5) is 0. The second-order valence-corrected chi connectivity index (χ2v) is 7.32. The van der Waals surface area contributed by atoms with Crippen LogP contribution in [-0.4, -0.2) is 14.2 Å². The number of sulfonamides is 1. The first kappa shape index (κ1) is 16.0. The first-order chi connectivity index (χ1) is 10.8. The molecule has 1 saturated heterocycles. The van der Waals surface area contributed by atoms with Gasteiger partial charge >= 0.3 is 6.18 Å². The molecular formula is C16H14F3NO2S. The summed E-state index contributed by atoms with van der Waals surface area (Å²) in [6.07, 6.45) is -3.96. The molecule has 1 fully saturated rings. The van der Waals surface area contributed by atoms with E-state index in [1.54, 1.807) is 30.3 Å². The van der Waals surface area contributed by atoms with Crippen LogP contribution >= 0.6 is 0 Å². The maximum atomic E-state index is 13.1. The summed E-state index contributed by atoms with van der Waals surface area (Å²) in [5.74, 6) is 0.0658. The van der Waals surface area contributed by atoms with Gasteiger partial charge in [0.15, 0.2) is 0 Å². The highest BCUT2D eigenvalue weighted by Gasteiger charge is 2.33. The van der Waals surface area contributed by atoms with Crippen molar-refractivity contribution < 1.29 is 21.6 Å². The molecule has 1 heterocycles. The fraction of sp³-hybridized carbons (Fsp3) is 0.250. The molecule has 7 heteroatoms. The number of alkyl halides is 3. The van der Waals surface area contributed by atoms with Crippen LogP contribution in [0.25, 0.3) is 11.1 Å². The normalized spacial score (nSPS) is 20.6. The Kier molecular flexibility index (Phi) is 3.93. The van der Waals surface area contributed by atoms with E-state index in [2.05, 4.69) is 4.72 Å². The van der Waals surface area contributed by atoms with Gasteiger partial charge in [-0.25, -0.2) is 13.1 Å². The SMILES string of the molecule is O=S1(=O)CCC(c2ccc(-c3ccccc3C(F)(F)F)cc2)N1. The van der Waals surface area contributed by atoms with Crippen molar-refractivity contribution in [2.24, 2.45) is 0 Å². The van der Waals surface area contributed by atoms with Crippen molar-refractivity contribution in [2.75, 3.05) is 5.75 Å². The Morgan fingerprint density at radius 1 is 1.00 bits per heavy atom. The molecule has 1 N–H and O–H groups in total. The fourth-order valence-corrected chi connectivity index (χ4v) is 4.07. The average Bonchev–Trinajstić information content (AvgIpc) is 2.87. The predicted molar refractivity (Wildman–Crippen MR) is 81.2 cm³/mol. The van der Waals surface area contributed by atoms with Crippen molar-refractivity contribution in [1.29, 1.82) is 0 Å². The zero-order chi connectivity index (χ0) is 16.7. The molecule has 122 valence electrons. The molecule has 1 aliphatic heterocycles. The van der Waals surface area contributed by atoms with E-state index in [0.29, 0.717) is 12.0 Å². The van der Waals surface area contributed by atoms with Crippen molar-refractivity contribution in [3.05, 3.63) is 59.7 Å². The lowest BCUT2D eigenvalue weighted by molar-refractivity contribution is -0.137. The topological polar surface area (TPSA) is 46.2 Å². The lowest BCUT2D eigenvalue weighted by Crippen LogP contribution is -2.19. The maximum absolute atomic E-state index is 13.1. The lowest BCUT2D eigenvalue weighted by Gasteiger charge is -2.14. The third-order valence-corrected chi connectivity index (χ3v) is 5.27. The highest BCUT2D eigenvalue weighted by Crippen LogP contribution is 2.37. The van der Waals surface area contributed by atoms with E-state index in [1.807, 2.05) is 0 Å². The van der Waals surface area contributed by atoms with Gasteiger partial charge in [0.1, 0.15) is 0 Å². The molecule has 2 aromatic carbocycles. The molecule has 1 atom stereocenters. The Morgan fingerprint density at radius 3 is 2.22 bits per heavy atom. The van der Waals surface area contributed by atoms with E-state index < -0.39 is 21.8 Å². The number of benzene rings is 2. The number of hydrogen-bond donors (Lipinski definition) is 1. The molecule has 2 aromatic rings. The summed E-state index contributed by atoms with van der Waals surface area (Å²) < 4.78 is 64.6. The molecule has 0 aromatic heterocycles. The van der Waals surface area contributed by atoms with Gasteiger partial charge in [-0.3, -0.25) is 0 Å². The molecule has 23 heavy (non-hydrogen) atoms. The van der Waals surface area contributed by atoms with Gasteiger partial charge in [-0.15, -0.1) is 0 Å².